The minimum atomic E-state index is -0.376. The first-order valence-corrected chi connectivity index (χ1v) is 8.06. The molecule has 1 aliphatic rings. The van der Waals surface area contributed by atoms with E-state index in [0.717, 1.165) is 28.6 Å². The van der Waals surface area contributed by atoms with Crippen LogP contribution in [0.25, 0.3) is 0 Å². The first-order chi connectivity index (χ1) is 9.88. The van der Waals surface area contributed by atoms with E-state index in [1.165, 1.54) is 6.07 Å². The lowest BCUT2D eigenvalue weighted by atomic mass is 10.0. The van der Waals surface area contributed by atoms with Crippen LogP contribution in [0.4, 0.5) is 11.4 Å². The maximum atomic E-state index is 10.8. The fourth-order valence-corrected chi connectivity index (χ4v) is 3.62. The van der Waals surface area contributed by atoms with E-state index in [4.69, 9.17) is 0 Å². The Morgan fingerprint density at radius 3 is 2.73 bits per heavy atom. The molecular weight excluding hydrogens is 322 g/mol. The average molecular weight is 344 g/mol. The van der Waals surface area contributed by atoms with E-state index in [-0.39, 0.29) is 23.0 Å². The van der Waals surface area contributed by atoms with Crippen LogP contribution in [0, 0.1) is 23.0 Å². The molecule has 1 saturated heterocycles. The van der Waals surface area contributed by atoms with Crippen LogP contribution in [-0.2, 0) is 0 Å². The Bertz CT molecular complexity index is 578. The number of hydrogen-bond acceptors (Lipinski definition) is 4. The molecule has 1 aliphatic heterocycles. The van der Waals surface area contributed by atoms with Gasteiger partial charge in [0.1, 0.15) is 0 Å². The van der Waals surface area contributed by atoms with Crippen molar-refractivity contribution >= 4 is 40.7 Å². The Kier molecular flexibility index (Phi) is 6.68. The number of hydrogen-bond donors (Lipinski definition) is 0. The van der Waals surface area contributed by atoms with Crippen LogP contribution in [0.15, 0.2) is 23.2 Å². The van der Waals surface area contributed by atoms with Crippen LogP contribution < -0.4 is 0 Å². The van der Waals surface area contributed by atoms with E-state index in [0.29, 0.717) is 12.0 Å². The molecule has 0 saturated carbocycles. The zero-order chi connectivity index (χ0) is 15.6. The summed E-state index contributed by atoms with van der Waals surface area (Å²) in [5.74, 6) is 1.72. The first-order valence-electron chi connectivity index (χ1n) is 7.08. The molecule has 1 fully saturated rings. The Morgan fingerprint density at radius 1 is 1.50 bits per heavy atom. The van der Waals surface area contributed by atoms with Crippen molar-refractivity contribution in [3.8, 4) is 0 Å². The van der Waals surface area contributed by atoms with E-state index >= 15 is 0 Å². The van der Waals surface area contributed by atoms with E-state index < -0.39 is 0 Å². The van der Waals surface area contributed by atoms with Crippen LogP contribution >= 0.6 is 24.2 Å². The highest BCUT2D eigenvalue weighted by Crippen LogP contribution is 2.31. The molecule has 7 heteroatoms. The van der Waals surface area contributed by atoms with Gasteiger partial charge in [0.15, 0.2) is 5.17 Å². The third-order valence-electron chi connectivity index (χ3n) is 3.61. The van der Waals surface area contributed by atoms with Gasteiger partial charge < -0.3 is 4.90 Å². The van der Waals surface area contributed by atoms with Crippen LogP contribution in [0.5, 0.6) is 0 Å². The molecule has 0 aliphatic carbocycles. The first kappa shape index (κ1) is 18.8. The quantitative estimate of drug-likeness (QED) is 0.600. The molecule has 0 radical (unpaired) electrons. The third-order valence-corrected chi connectivity index (χ3v) is 4.79. The van der Waals surface area contributed by atoms with E-state index in [1.807, 2.05) is 6.92 Å². The number of nitro benzene ring substituents is 1. The Hall–Kier alpha value is -1.27. The summed E-state index contributed by atoms with van der Waals surface area (Å²) in [6.45, 7) is 6.32. The van der Waals surface area contributed by atoms with E-state index in [1.54, 1.807) is 23.9 Å². The van der Waals surface area contributed by atoms with Crippen LogP contribution in [-0.4, -0.2) is 33.8 Å². The monoisotopic (exact) mass is 343 g/mol. The number of thioether (sulfide) groups is 1. The number of rotatable bonds is 4. The maximum absolute atomic E-state index is 10.8. The number of benzene rings is 1. The SMILES string of the molecule is Cc1cc([N+](=O)[O-])ccc1N=C1SC[C@@H](CC(C)C)N1C.Cl. The predicted molar refractivity (Wildman–Crippen MR) is 95.6 cm³/mol. The highest BCUT2D eigenvalue weighted by atomic mass is 35.5. The topological polar surface area (TPSA) is 58.7 Å². The molecule has 5 nitrogen and oxygen atoms in total. The number of halogens is 1. The van der Waals surface area contributed by atoms with Gasteiger partial charge in [-0.05, 0) is 30.9 Å². The van der Waals surface area contributed by atoms with Gasteiger partial charge in [0.2, 0.25) is 0 Å². The van der Waals surface area contributed by atoms with Crippen molar-refractivity contribution in [2.75, 3.05) is 12.8 Å². The van der Waals surface area contributed by atoms with Crippen molar-refractivity contribution in [2.45, 2.75) is 33.2 Å². The normalized spacial score (nSPS) is 19.6. The van der Waals surface area contributed by atoms with Crippen molar-refractivity contribution in [3.05, 3.63) is 33.9 Å². The van der Waals surface area contributed by atoms with Crippen molar-refractivity contribution in [2.24, 2.45) is 10.9 Å². The van der Waals surface area contributed by atoms with E-state index in [2.05, 4.69) is 30.8 Å². The minimum absolute atomic E-state index is 0. The van der Waals surface area contributed by atoms with Gasteiger partial charge in [-0.25, -0.2) is 4.99 Å². The van der Waals surface area contributed by atoms with Gasteiger partial charge in [-0.2, -0.15) is 0 Å². The van der Waals surface area contributed by atoms with Gasteiger partial charge in [-0.1, -0.05) is 25.6 Å². The molecule has 1 aromatic rings. The molecule has 2 rings (SSSR count). The molecule has 0 unspecified atom stereocenters. The lowest BCUT2D eigenvalue weighted by molar-refractivity contribution is -0.384. The van der Waals surface area contributed by atoms with E-state index in [9.17, 15) is 10.1 Å². The molecule has 122 valence electrons. The summed E-state index contributed by atoms with van der Waals surface area (Å²) in [6, 6.07) is 5.33. The molecule has 1 atom stereocenters. The summed E-state index contributed by atoms with van der Waals surface area (Å²) in [5.41, 5.74) is 1.75. The van der Waals surface area contributed by atoms with Crippen LogP contribution in [0.2, 0.25) is 0 Å². The van der Waals surface area contributed by atoms with Gasteiger partial charge >= 0.3 is 0 Å². The summed E-state index contributed by atoms with van der Waals surface area (Å²) in [6.07, 6.45) is 1.15. The average Bonchev–Trinajstić information content (AvgIpc) is 2.73. The zero-order valence-electron chi connectivity index (χ0n) is 13.3. The molecule has 0 spiro atoms. The smallest absolute Gasteiger partial charge is 0.269 e. The van der Waals surface area contributed by atoms with Gasteiger partial charge in [-0.15, -0.1) is 12.4 Å². The van der Waals surface area contributed by atoms with Crippen molar-refractivity contribution in [1.29, 1.82) is 0 Å². The molecule has 1 heterocycles. The number of aliphatic imine (C=N–C) groups is 1. The molecule has 0 amide bonds. The van der Waals surface area contributed by atoms with Gasteiger partial charge in [-0.3, -0.25) is 10.1 Å². The lowest BCUT2D eigenvalue weighted by Crippen LogP contribution is -2.30. The second-order valence-corrected chi connectivity index (χ2v) is 6.81. The summed E-state index contributed by atoms with van der Waals surface area (Å²) in [5, 5.41) is 11.8. The van der Waals surface area contributed by atoms with Gasteiger partial charge in [0, 0.05) is 31.0 Å². The molecule has 0 bridgehead atoms. The van der Waals surface area contributed by atoms with Crippen LogP contribution in [0.3, 0.4) is 0 Å². The predicted octanol–water partition coefficient (Wildman–Crippen LogP) is 4.41. The van der Waals surface area contributed by atoms with Crippen molar-refractivity contribution in [3.63, 3.8) is 0 Å². The number of amidine groups is 1. The lowest BCUT2D eigenvalue weighted by Gasteiger charge is -2.22. The largest absolute Gasteiger partial charge is 0.350 e. The second kappa shape index (κ2) is 7.83. The second-order valence-electron chi connectivity index (χ2n) is 5.83. The summed E-state index contributed by atoms with van der Waals surface area (Å²) < 4.78 is 0. The highest BCUT2D eigenvalue weighted by molar-refractivity contribution is 8.14. The van der Waals surface area contributed by atoms with Gasteiger partial charge in [0.05, 0.1) is 10.6 Å². The van der Waals surface area contributed by atoms with Crippen molar-refractivity contribution < 1.29 is 4.92 Å². The number of nitro groups is 1. The maximum Gasteiger partial charge on any atom is 0.269 e. The number of aryl methyl sites for hydroxylation is 1. The van der Waals surface area contributed by atoms with Gasteiger partial charge in [0.25, 0.3) is 5.69 Å². The summed E-state index contributed by atoms with van der Waals surface area (Å²) >= 11 is 1.76. The molecule has 0 aromatic heterocycles. The Labute approximate surface area is 141 Å². The fourth-order valence-electron chi connectivity index (χ4n) is 2.40. The highest BCUT2D eigenvalue weighted by Gasteiger charge is 2.27. The summed E-state index contributed by atoms with van der Waals surface area (Å²) in [7, 11) is 2.08. The molecule has 22 heavy (non-hydrogen) atoms. The number of non-ortho nitro benzene ring substituents is 1. The standard InChI is InChI=1S/C15H21N3O2S.ClH/c1-10(2)7-13-9-21-15(17(13)4)16-14-6-5-12(18(19)20)8-11(14)3;/h5-6,8,10,13H,7,9H2,1-4H3;1H/t13-;/m1./s1. The molecule has 1 aromatic carbocycles. The fraction of sp³-hybridized carbons (Fsp3) is 0.533. The minimum Gasteiger partial charge on any atom is -0.350 e. The van der Waals surface area contributed by atoms with Crippen molar-refractivity contribution in [1.82, 2.24) is 4.90 Å². The number of nitrogens with zero attached hydrogens (tertiary/aromatic N) is 3. The Balaban J connectivity index is 0.00000242. The summed E-state index contributed by atoms with van der Waals surface area (Å²) in [4.78, 5) is 17.3. The third kappa shape index (κ3) is 4.36. The molecule has 0 N–H and O–H groups in total. The Morgan fingerprint density at radius 2 is 2.18 bits per heavy atom. The van der Waals surface area contributed by atoms with Crippen LogP contribution in [0.1, 0.15) is 25.8 Å². The molecular formula is C15H22ClN3O2S. The zero-order valence-corrected chi connectivity index (χ0v) is 14.9.